The maximum Gasteiger partial charge on any atom is 0.250 e. The first-order chi connectivity index (χ1) is 14.7. The number of rotatable bonds is 6. The van der Waals surface area contributed by atoms with Gasteiger partial charge in [0.1, 0.15) is 0 Å². The van der Waals surface area contributed by atoms with E-state index >= 15 is 0 Å². The lowest BCUT2D eigenvalue weighted by molar-refractivity contribution is -0.111. The number of para-hydroxylation sites is 1. The highest BCUT2D eigenvalue weighted by molar-refractivity contribution is 7.22. The topological polar surface area (TPSA) is 42.0 Å². The van der Waals surface area contributed by atoms with E-state index in [4.69, 9.17) is 0 Å². The van der Waals surface area contributed by atoms with Crippen molar-refractivity contribution in [3.63, 3.8) is 0 Å². The number of fused-ring (bicyclic) bond motifs is 1. The van der Waals surface area contributed by atoms with Crippen molar-refractivity contribution in [1.82, 2.24) is 4.98 Å². The van der Waals surface area contributed by atoms with Gasteiger partial charge in [-0.05, 0) is 68.7 Å². The van der Waals surface area contributed by atoms with Crippen LogP contribution in [0.4, 0.5) is 5.13 Å². The number of amides is 1. The van der Waals surface area contributed by atoms with Gasteiger partial charge in [-0.2, -0.15) is 0 Å². The predicted molar refractivity (Wildman–Crippen MR) is 134 cm³/mol. The number of nitrogens with one attached hydrogen (secondary N) is 1. The van der Waals surface area contributed by atoms with Crippen LogP contribution >= 0.6 is 11.3 Å². The summed E-state index contributed by atoms with van der Waals surface area (Å²) in [6.45, 7) is 11.0. The van der Waals surface area contributed by atoms with Crippen LogP contribution in [0.1, 0.15) is 53.9 Å². The summed E-state index contributed by atoms with van der Waals surface area (Å²) < 4.78 is 1.06. The van der Waals surface area contributed by atoms with Crippen molar-refractivity contribution in [2.75, 3.05) is 5.32 Å². The van der Waals surface area contributed by atoms with Gasteiger partial charge in [-0.1, -0.05) is 78.8 Å². The van der Waals surface area contributed by atoms with E-state index in [1.807, 2.05) is 43.3 Å². The van der Waals surface area contributed by atoms with Gasteiger partial charge in [0.2, 0.25) is 5.91 Å². The van der Waals surface area contributed by atoms with E-state index in [-0.39, 0.29) is 11.3 Å². The summed E-state index contributed by atoms with van der Waals surface area (Å²) in [5.74, 6) is -0.163. The number of benzene rings is 1. The molecule has 0 saturated carbocycles. The van der Waals surface area contributed by atoms with Gasteiger partial charge >= 0.3 is 0 Å². The van der Waals surface area contributed by atoms with Crippen LogP contribution in [0.2, 0.25) is 0 Å². The molecule has 0 saturated heterocycles. The van der Waals surface area contributed by atoms with Crippen LogP contribution in [0.3, 0.4) is 0 Å². The Morgan fingerprint density at radius 2 is 1.94 bits per heavy atom. The summed E-state index contributed by atoms with van der Waals surface area (Å²) in [4.78, 5) is 16.7. The Morgan fingerprint density at radius 1 is 1.16 bits per heavy atom. The quantitative estimate of drug-likeness (QED) is 0.374. The number of anilines is 1. The standard InChI is InChI=1S/C27H32N2OS/c1-19(15-16-22-21(3)12-9-17-27(22,4)5)10-8-11-20(2)18-25(30)29-26-28-23-13-6-7-14-24(23)31-26/h6-8,10-11,13-16,18H,9,12,17H2,1-5H3,(H,28,29,30)/b11-8+,16-15+,19-10+,20-18+. The molecule has 0 radical (unpaired) electrons. The van der Waals surface area contributed by atoms with Crippen molar-refractivity contribution in [3.8, 4) is 0 Å². The lowest BCUT2D eigenvalue weighted by Gasteiger charge is -2.32. The second kappa shape index (κ2) is 10.1. The Bertz CT molecular complexity index is 1080. The zero-order chi connectivity index (χ0) is 22.4. The second-order valence-electron chi connectivity index (χ2n) is 8.90. The zero-order valence-electron chi connectivity index (χ0n) is 19.2. The highest BCUT2D eigenvalue weighted by Crippen LogP contribution is 2.40. The molecule has 3 rings (SSSR count). The Balaban J connectivity index is 1.59. The summed E-state index contributed by atoms with van der Waals surface area (Å²) in [5.41, 5.74) is 6.21. The Labute approximate surface area is 190 Å². The van der Waals surface area contributed by atoms with E-state index in [0.29, 0.717) is 5.13 Å². The first-order valence-electron chi connectivity index (χ1n) is 10.8. The van der Waals surface area contributed by atoms with Crippen LogP contribution in [0.15, 0.2) is 83.0 Å². The normalized spacial score (nSPS) is 17.8. The minimum absolute atomic E-state index is 0.163. The van der Waals surface area contributed by atoms with Crippen LogP contribution < -0.4 is 5.32 Å². The average molecular weight is 433 g/mol. The lowest BCUT2D eigenvalue weighted by atomic mass is 9.72. The van der Waals surface area contributed by atoms with Crippen molar-refractivity contribution < 1.29 is 4.79 Å². The lowest BCUT2D eigenvalue weighted by Crippen LogP contribution is -2.19. The van der Waals surface area contributed by atoms with Gasteiger partial charge in [0, 0.05) is 6.08 Å². The maximum absolute atomic E-state index is 12.3. The number of allylic oxidation sites excluding steroid dienone is 9. The zero-order valence-corrected chi connectivity index (χ0v) is 20.0. The molecule has 1 heterocycles. The van der Waals surface area contributed by atoms with Crippen LogP contribution in [0, 0.1) is 5.41 Å². The molecule has 0 unspecified atom stereocenters. The van der Waals surface area contributed by atoms with Gasteiger partial charge in [-0.3, -0.25) is 10.1 Å². The van der Waals surface area contributed by atoms with Gasteiger partial charge in [0.05, 0.1) is 10.2 Å². The minimum Gasteiger partial charge on any atom is -0.298 e. The molecule has 1 aromatic carbocycles. The molecule has 0 spiro atoms. The number of thiazole rings is 1. The van der Waals surface area contributed by atoms with Crippen LogP contribution in [0.5, 0.6) is 0 Å². The summed E-state index contributed by atoms with van der Waals surface area (Å²) >= 11 is 1.48. The summed E-state index contributed by atoms with van der Waals surface area (Å²) in [6.07, 6.45) is 15.8. The third-order valence-electron chi connectivity index (χ3n) is 5.66. The Hall–Kier alpha value is -2.72. The molecule has 3 nitrogen and oxygen atoms in total. The van der Waals surface area contributed by atoms with Crippen molar-refractivity contribution in [2.24, 2.45) is 5.41 Å². The van der Waals surface area contributed by atoms with Crippen molar-refractivity contribution in [1.29, 1.82) is 0 Å². The maximum atomic E-state index is 12.3. The van der Waals surface area contributed by atoms with E-state index in [1.165, 1.54) is 47.3 Å². The average Bonchev–Trinajstić information content (AvgIpc) is 3.09. The van der Waals surface area contributed by atoms with Gasteiger partial charge in [0.25, 0.3) is 0 Å². The van der Waals surface area contributed by atoms with E-state index in [2.05, 4.69) is 56.2 Å². The fourth-order valence-corrected chi connectivity index (χ4v) is 4.82. The number of carbonyl (C=O) groups is 1. The SMILES string of the molecule is CC1=C(/C=C/C(C)=C/C=C/C(C)=C/C(=O)Nc2nc3ccccc3s2)C(C)(C)CCC1. The number of aromatic nitrogens is 1. The van der Waals surface area contributed by atoms with Gasteiger partial charge < -0.3 is 0 Å². The first-order valence-corrected chi connectivity index (χ1v) is 11.6. The van der Waals surface area contributed by atoms with Gasteiger partial charge in [0.15, 0.2) is 5.13 Å². The van der Waals surface area contributed by atoms with E-state index in [1.54, 1.807) is 6.08 Å². The Kier molecular flexibility index (Phi) is 7.45. The van der Waals surface area contributed by atoms with E-state index < -0.39 is 0 Å². The molecule has 1 N–H and O–H groups in total. The highest BCUT2D eigenvalue weighted by Gasteiger charge is 2.26. The number of carbonyl (C=O) groups excluding carboxylic acids is 1. The van der Waals surface area contributed by atoms with Gasteiger partial charge in [-0.25, -0.2) is 4.98 Å². The molecule has 0 bridgehead atoms. The molecular formula is C27H32N2OS. The predicted octanol–water partition coefficient (Wildman–Crippen LogP) is 7.77. The molecule has 0 atom stereocenters. The molecule has 1 aliphatic rings. The molecule has 2 aromatic rings. The van der Waals surface area contributed by atoms with Gasteiger partial charge in [-0.15, -0.1) is 0 Å². The number of hydrogen-bond donors (Lipinski definition) is 1. The van der Waals surface area contributed by atoms with Crippen LogP contribution in [0.25, 0.3) is 10.2 Å². The highest BCUT2D eigenvalue weighted by atomic mass is 32.1. The third-order valence-corrected chi connectivity index (χ3v) is 6.61. The van der Waals surface area contributed by atoms with Crippen LogP contribution in [-0.4, -0.2) is 10.9 Å². The molecule has 1 aliphatic carbocycles. The molecule has 4 heteroatoms. The Morgan fingerprint density at radius 3 is 2.68 bits per heavy atom. The molecule has 0 fully saturated rings. The molecule has 1 amide bonds. The van der Waals surface area contributed by atoms with E-state index in [9.17, 15) is 4.79 Å². The molecule has 31 heavy (non-hydrogen) atoms. The summed E-state index contributed by atoms with van der Waals surface area (Å²) in [6, 6.07) is 7.87. The smallest absolute Gasteiger partial charge is 0.250 e. The molecule has 162 valence electrons. The first kappa shape index (κ1) is 23.0. The fourth-order valence-electron chi connectivity index (χ4n) is 3.95. The minimum atomic E-state index is -0.163. The van der Waals surface area contributed by atoms with Crippen molar-refractivity contribution in [2.45, 2.75) is 53.9 Å². The second-order valence-corrected chi connectivity index (χ2v) is 9.93. The van der Waals surface area contributed by atoms with Crippen molar-refractivity contribution >= 4 is 32.6 Å². The van der Waals surface area contributed by atoms with E-state index in [0.717, 1.165) is 15.8 Å². The largest absolute Gasteiger partial charge is 0.298 e. The number of hydrogen-bond acceptors (Lipinski definition) is 3. The van der Waals surface area contributed by atoms with Crippen molar-refractivity contribution in [3.05, 3.63) is 83.0 Å². The molecule has 0 aliphatic heterocycles. The number of nitrogens with zero attached hydrogens (tertiary/aromatic N) is 1. The molecule has 1 aromatic heterocycles. The summed E-state index contributed by atoms with van der Waals surface area (Å²) in [5, 5.41) is 3.48. The third kappa shape index (κ3) is 6.38. The summed E-state index contributed by atoms with van der Waals surface area (Å²) in [7, 11) is 0. The van der Waals surface area contributed by atoms with Crippen LogP contribution in [-0.2, 0) is 4.79 Å². The molecular weight excluding hydrogens is 400 g/mol. The fraction of sp³-hybridized carbons (Fsp3) is 0.333. The monoisotopic (exact) mass is 432 g/mol.